The molecule has 2 aromatic carbocycles. The van der Waals surface area contributed by atoms with Gasteiger partial charge in [-0.15, -0.1) is 0 Å². The molecule has 3 nitrogen and oxygen atoms in total. The Hall–Kier alpha value is -1.91. The van der Waals surface area contributed by atoms with Crippen molar-refractivity contribution in [3.8, 4) is 5.75 Å². The minimum absolute atomic E-state index is 0.269. The highest BCUT2D eigenvalue weighted by Crippen LogP contribution is 2.30. The summed E-state index contributed by atoms with van der Waals surface area (Å²) in [6.07, 6.45) is 0. The number of nitrogens with two attached hydrogens (primary N) is 1. The predicted octanol–water partition coefficient (Wildman–Crippen LogP) is 3.09. The zero-order valence-electron chi connectivity index (χ0n) is 11.7. The maximum absolute atomic E-state index is 13.6. The Bertz CT molecular complexity index is 566. The molecule has 1 unspecified atom stereocenters. The van der Waals surface area contributed by atoms with Crippen LogP contribution in [0.4, 0.5) is 4.39 Å². The predicted molar refractivity (Wildman–Crippen MR) is 77.9 cm³/mol. The van der Waals surface area contributed by atoms with E-state index in [2.05, 4.69) is 5.43 Å². The monoisotopic (exact) mass is 274 g/mol. The van der Waals surface area contributed by atoms with Gasteiger partial charge in [-0.2, -0.15) is 0 Å². The maximum atomic E-state index is 13.6. The first-order chi connectivity index (χ1) is 9.65. The molecule has 0 amide bonds. The van der Waals surface area contributed by atoms with E-state index in [4.69, 9.17) is 10.6 Å². The zero-order chi connectivity index (χ0) is 14.5. The Morgan fingerprint density at radius 3 is 2.65 bits per heavy atom. The largest absolute Gasteiger partial charge is 0.494 e. The number of hydrogen-bond donors (Lipinski definition) is 2. The van der Waals surface area contributed by atoms with Crippen LogP contribution in [0.2, 0.25) is 0 Å². The molecule has 0 heterocycles. The Labute approximate surface area is 118 Å². The van der Waals surface area contributed by atoms with Gasteiger partial charge in [0, 0.05) is 5.56 Å². The van der Waals surface area contributed by atoms with Crippen molar-refractivity contribution < 1.29 is 9.13 Å². The van der Waals surface area contributed by atoms with Crippen LogP contribution in [0.25, 0.3) is 0 Å². The Balaban J connectivity index is 2.46. The molecule has 0 fully saturated rings. The molecule has 0 bridgehead atoms. The van der Waals surface area contributed by atoms with Gasteiger partial charge in [0.15, 0.2) is 0 Å². The summed E-state index contributed by atoms with van der Waals surface area (Å²) in [5, 5.41) is 0. The summed E-state index contributed by atoms with van der Waals surface area (Å²) >= 11 is 0. The summed E-state index contributed by atoms with van der Waals surface area (Å²) in [6, 6.07) is 12.2. The number of benzene rings is 2. The fourth-order valence-electron chi connectivity index (χ4n) is 2.30. The molecule has 0 radical (unpaired) electrons. The van der Waals surface area contributed by atoms with E-state index in [9.17, 15) is 4.39 Å². The first-order valence-corrected chi connectivity index (χ1v) is 6.60. The number of rotatable bonds is 5. The summed E-state index contributed by atoms with van der Waals surface area (Å²) in [5.74, 6) is 6.15. The molecular weight excluding hydrogens is 255 g/mol. The van der Waals surface area contributed by atoms with Crippen LogP contribution in [0.1, 0.15) is 29.7 Å². The maximum Gasteiger partial charge on any atom is 0.124 e. The standard InChI is InChI=1S/C16H19FN2O/c1-3-20-15-7-5-4-6-14(15)16(19-18)12-8-11(2)9-13(17)10-12/h4-10,16,19H,3,18H2,1-2H3. The van der Waals surface area contributed by atoms with Gasteiger partial charge in [0.05, 0.1) is 12.6 Å². The third-order valence-electron chi connectivity index (χ3n) is 3.09. The molecule has 20 heavy (non-hydrogen) atoms. The van der Waals surface area contributed by atoms with E-state index in [1.54, 1.807) is 0 Å². The third-order valence-corrected chi connectivity index (χ3v) is 3.09. The molecule has 0 saturated carbocycles. The van der Waals surface area contributed by atoms with Crippen molar-refractivity contribution in [2.75, 3.05) is 6.61 Å². The summed E-state index contributed by atoms with van der Waals surface area (Å²) in [5.41, 5.74) is 5.26. The van der Waals surface area contributed by atoms with Crippen molar-refractivity contribution in [2.24, 2.45) is 5.84 Å². The molecule has 106 valence electrons. The fraction of sp³-hybridized carbons (Fsp3) is 0.250. The molecule has 0 aromatic heterocycles. The SMILES string of the molecule is CCOc1ccccc1C(NN)c1cc(C)cc(F)c1. The Morgan fingerprint density at radius 2 is 2.00 bits per heavy atom. The van der Waals surface area contributed by atoms with E-state index < -0.39 is 0 Å². The Kier molecular flexibility index (Phi) is 4.71. The van der Waals surface area contributed by atoms with Crippen molar-refractivity contribution in [3.63, 3.8) is 0 Å². The number of hydrogen-bond acceptors (Lipinski definition) is 3. The molecule has 1 atom stereocenters. The molecule has 3 N–H and O–H groups in total. The molecular formula is C16H19FN2O. The molecule has 2 aromatic rings. The van der Waals surface area contributed by atoms with Crippen LogP contribution in [-0.2, 0) is 0 Å². The lowest BCUT2D eigenvalue weighted by Crippen LogP contribution is -2.29. The van der Waals surface area contributed by atoms with Gasteiger partial charge in [-0.1, -0.05) is 24.3 Å². The fourth-order valence-corrected chi connectivity index (χ4v) is 2.30. The molecule has 0 aliphatic heterocycles. The van der Waals surface area contributed by atoms with Gasteiger partial charge in [-0.25, -0.2) is 9.82 Å². The highest BCUT2D eigenvalue weighted by atomic mass is 19.1. The highest BCUT2D eigenvalue weighted by molar-refractivity contribution is 5.42. The van der Waals surface area contributed by atoms with Crippen molar-refractivity contribution in [1.29, 1.82) is 0 Å². The number of ether oxygens (including phenoxy) is 1. The van der Waals surface area contributed by atoms with Crippen LogP contribution in [0.5, 0.6) is 5.75 Å². The number of nitrogens with one attached hydrogen (secondary N) is 1. The number of halogens is 1. The van der Waals surface area contributed by atoms with Crippen molar-refractivity contribution in [2.45, 2.75) is 19.9 Å². The van der Waals surface area contributed by atoms with Gasteiger partial charge < -0.3 is 4.74 Å². The van der Waals surface area contributed by atoms with Crippen LogP contribution in [0.15, 0.2) is 42.5 Å². The van der Waals surface area contributed by atoms with E-state index in [0.717, 1.165) is 22.4 Å². The van der Waals surface area contributed by atoms with E-state index in [1.165, 1.54) is 12.1 Å². The molecule has 2 rings (SSSR count). The highest BCUT2D eigenvalue weighted by Gasteiger charge is 2.17. The third kappa shape index (κ3) is 3.15. The van der Waals surface area contributed by atoms with Crippen molar-refractivity contribution in [3.05, 3.63) is 65.0 Å². The second-order valence-electron chi connectivity index (χ2n) is 4.63. The van der Waals surface area contributed by atoms with Crippen LogP contribution >= 0.6 is 0 Å². The number of hydrazine groups is 1. The van der Waals surface area contributed by atoms with Gasteiger partial charge in [0.25, 0.3) is 0 Å². The lowest BCUT2D eigenvalue weighted by atomic mass is 9.97. The molecule has 4 heteroatoms. The molecule has 0 aliphatic carbocycles. The van der Waals surface area contributed by atoms with Gasteiger partial charge >= 0.3 is 0 Å². The summed E-state index contributed by atoms with van der Waals surface area (Å²) in [6.45, 7) is 4.35. The second kappa shape index (κ2) is 6.50. The van der Waals surface area contributed by atoms with Crippen molar-refractivity contribution in [1.82, 2.24) is 5.43 Å². The normalized spacial score (nSPS) is 12.2. The summed E-state index contributed by atoms with van der Waals surface area (Å²) < 4.78 is 19.2. The lowest BCUT2D eigenvalue weighted by Gasteiger charge is -2.20. The van der Waals surface area contributed by atoms with Crippen molar-refractivity contribution >= 4 is 0 Å². The zero-order valence-corrected chi connectivity index (χ0v) is 11.7. The smallest absolute Gasteiger partial charge is 0.124 e. The average Bonchev–Trinajstić information content (AvgIpc) is 2.41. The average molecular weight is 274 g/mol. The van der Waals surface area contributed by atoms with Gasteiger partial charge in [-0.05, 0) is 43.2 Å². The molecule has 0 spiro atoms. The van der Waals surface area contributed by atoms with E-state index in [-0.39, 0.29) is 11.9 Å². The van der Waals surface area contributed by atoms with E-state index in [1.807, 2.05) is 44.2 Å². The second-order valence-corrected chi connectivity index (χ2v) is 4.63. The van der Waals surface area contributed by atoms with E-state index >= 15 is 0 Å². The molecule has 0 aliphatic rings. The van der Waals surface area contributed by atoms with E-state index in [0.29, 0.717) is 6.61 Å². The number of para-hydroxylation sites is 1. The van der Waals surface area contributed by atoms with Gasteiger partial charge in [-0.3, -0.25) is 5.84 Å². The summed E-state index contributed by atoms with van der Waals surface area (Å²) in [7, 11) is 0. The minimum atomic E-state index is -0.313. The van der Waals surface area contributed by atoms with Crippen LogP contribution in [0, 0.1) is 12.7 Å². The summed E-state index contributed by atoms with van der Waals surface area (Å²) in [4.78, 5) is 0. The topological polar surface area (TPSA) is 47.3 Å². The first kappa shape index (κ1) is 14.5. The minimum Gasteiger partial charge on any atom is -0.494 e. The molecule has 0 saturated heterocycles. The first-order valence-electron chi connectivity index (χ1n) is 6.60. The van der Waals surface area contributed by atoms with Crippen LogP contribution in [-0.4, -0.2) is 6.61 Å². The Morgan fingerprint density at radius 1 is 1.25 bits per heavy atom. The van der Waals surface area contributed by atoms with Gasteiger partial charge in [0.1, 0.15) is 11.6 Å². The van der Waals surface area contributed by atoms with Gasteiger partial charge in [0.2, 0.25) is 0 Å². The number of aryl methyl sites for hydroxylation is 1. The lowest BCUT2D eigenvalue weighted by molar-refractivity contribution is 0.333. The quantitative estimate of drug-likeness (QED) is 0.650. The van der Waals surface area contributed by atoms with Crippen LogP contribution < -0.4 is 16.0 Å². The van der Waals surface area contributed by atoms with Crippen LogP contribution in [0.3, 0.4) is 0 Å².